The lowest BCUT2D eigenvalue weighted by molar-refractivity contribution is -0.120. The Hall–Kier alpha value is -0.610. The third-order valence-electron chi connectivity index (χ3n) is 1.82. The second-order valence-corrected chi connectivity index (χ2v) is 2.91. The molecule has 0 rings (SSSR count). The maximum Gasteiger partial charge on any atom is 0.221 e. The molecule has 0 spiro atoms. The van der Waals surface area contributed by atoms with Crippen molar-refractivity contribution < 1.29 is 9.90 Å². The van der Waals surface area contributed by atoms with Crippen molar-refractivity contribution >= 4 is 5.91 Å². The number of aliphatic hydroxyl groups is 1. The maximum atomic E-state index is 10.7. The zero-order valence-electron chi connectivity index (χ0n) is 7.92. The highest BCUT2D eigenvalue weighted by Crippen LogP contribution is 1.89. The molecule has 72 valence electrons. The third-order valence-corrected chi connectivity index (χ3v) is 1.82. The standard InChI is InChI=1S/C8H18N2O2/c1-6(7(2)11)10-5-4-8(12)9-3/h6-7,10-11H,4-5H2,1-3H3,(H,9,12). The quantitative estimate of drug-likeness (QED) is 0.525. The Morgan fingerprint density at radius 1 is 1.50 bits per heavy atom. The molecule has 4 heteroatoms. The molecular formula is C8H18N2O2. The van der Waals surface area contributed by atoms with Gasteiger partial charge in [-0.3, -0.25) is 4.79 Å². The van der Waals surface area contributed by atoms with Crippen LogP contribution >= 0.6 is 0 Å². The molecule has 0 radical (unpaired) electrons. The Bertz CT molecular complexity index is 137. The zero-order valence-corrected chi connectivity index (χ0v) is 7.92. The molecule has 0 saturated carbocycles. The summed E-state index contributed by atoms with van der Waals surface area (Å²) in [6, 6.07) is 0.0367. The number of hydrogen-bond donors (Lipinski definition) is 3. The average molecular weight is 174 g/mol. The molecule has 0 aliphatic heterocycles. The molecule has 0 aromatic heterocycles. The summed E-state index contributed by atoms with van der Waals surface area (Å²) in [7, 11) is 1.61. The Balaban J connectivity index is 3.37. The molecule has 4 nitrogen and oxygen atoms in total. The molecule has 0 heterocycles. The van der Waals surface area contributed by atoms with E-state index in [1.165, 1.54) is 0 Å². The normalized spacial score (nSPS) is 15.3. The van der Waals surface area contributed by atoms with Crippen molar-refractivity contribution in [3.8, 4) is 0 Å². The van der Waals surface area contributed by atoms with Crippen molar-refractivity contribution in [2.75, 3.05) is 13.6 Å². The van der Waals surface area contributed by atoms with Crippen molar-refractivity contribution in [3.05, 3.63) is 0 Å². The van der Waals surface area contributed by atoms with Gasteiger partial charge in [0, 0.05) is 26.1 Å². The van der Waals surface area contributed by atoms with Crippen LogP contribution < -0.4 is 10.6 Å². The molecule has 0 aromatic carbocycles. The number of amides is 1. The van der Waals surface area contributed by atoms with Crippen LogP contribution in [0.25, 0.3) is 0 Å². The minimum atomic E-state index is -0.380. The average Bonchev–Trinajstić information content (AvgIpc) is 2.03. The lowest BCUT2D eigenvalue weighted by Crippen LogP contribution is -2.37. The van der Waals surface area contributed by atoms with E-state index in [-0.39, 0.29) is 18.1 Å². The molecular weight excluding hydrogens is 156 g/mol. The van der Waals surface area contributed by atoms with Crippen molar-refractivity contribution in [2.24, 2.45) is 0 Å². The second kappa shape index (κ2) is 5.97. The molecule has 0 aliphatic carbocycles. The van der Waals surface area contributed by atoms with Gasteiger partial charge in [-0.2, -0.15) is 0 Å². The first-order valence-corrected chi connectivity index (χ1v) is 4.20. The zero-order chi connectivity index (χ0) is 9.56. The van der Waals surface area contributed by atoms with Crippen LogP contribution in [-0.4, -0.2) is 36.8 Å². The van der Waals surface area contributed by atoms with Crippen LogP contribution in [0.5, 0.6) is 0 Å². The maximum absolute atomic E-state index is 10.7. The number of nitrogens with one attached hydrogen (secondary N) is 2. The summed E-state index contributed by atoms with van der Waals surface area (Å²) in [4.78, 5) is 10.7. The van der Waals surface area contributed by atoms with Gasteiger partial charge in [0.05, 0.1) is 6.10 Å². The lowest BCUT2D eigenvalue weighted by Gasteiger charge is -2.15. The van der Waals surface area contributed by atoms with Gasteiger partial charge >= 0.3 is 0 Å². The van der Waals surface area contributed by atoms with Gasteiger partial charge in [0.2, 0.25) is 5.91 Å². The Morgan fingerprint density at radius 3 is 2.50 bits per heavy atom. The fourth-order valence-corrected chi connectivity index (χ4v) is 0.709. The van der Waals surface area contributed by atoms with Gasteiger partial charge in [-0.15, -0.1) is 0 Å². The molecule has 2 unspecified atom stereocenters. The van der Waals surface area contributed by atoms with Gasteiger partial charge in [0.25, 0.3) is 0 Å². The van der Waals surface area contributed by atoms with E-state index in [0.717, 1.165) is 0 Å². The van der Waals surface area contributed by atoms with Crippen molar-refractivity contribution in [1.82, 2.24) is 10.6 Å². The first-order chi connectivity index (χ1) is 5.57. The SMILES string of the molecule is CNC(=O)CCNC(C)C(C)O. The molecule has 12 heavy (non-hydrogen) atoms. The summed E-state index contributed by atoms with van der Waals surface area (Å²) >= 11 is 0. The smallest absolute Gasteiger partial charge is 0.221 e. The van der Waals surface area contributed by atoms with Crippen molar-refractivity contribution in [2.45, 2.75) is 32.4 Å². The van der Waals surface area contributed by atoms with Gasteiger partial charge in [0.1, 0.15) is 0 Å². The highest BCUT2D eigenvalue weighted by Gasteiger charge is 2.07. The van der Waals surface area contributed by atoms with E-state index in [1.54, 1.807) is 14.0 Å². The number of carbonyl (C=O) groups is 1. The van der Waals surface area contributed by atoms with Crippen LogP contribution in [0.4, 0.5) is 0 Å². The van der Waals surface area contributed by atoms with Gasteiger partial charge in [0.15, 0.2) is 0 Å². The van der Waals surface area contributed by atoms with E-state index in [0.29, 0.717) is 13.0 Å². The van der Waals surface area contributed by atoms with Crippen LogP contribution in [0.2, 0.25) is 0 Å². The Morgan fingerprint density at radius 2 is 2.08 bits per heavy atom. The molecule has 0 bridgehead atoms. The molecule has 0 aliphatic rings. The van der Waals surface area contributed by atoms with Gasteiger partial charge in [-0.1, -0.05) is 0 Å². The molecule has 2 atom stereocenters. The summed E-state index contributed by atoms with van der Waals surface area (Å²) in [5, 5.41) is 14.6. The highest BCUT2D eigenvalue weighted by molar-refractivity contribution is 5.75. The predicted molar refractivity (Wildman–Crippen MR) is 47.8 cm³/mol. The van der Waals surface area contributed by atoms with E-state index in [2.05, 4.69) is 10.6 Å². The number of hydrogen-bond acceptors (Lipinski definition) is 3. The summed E-state index contributed by atoms with van der Waals surface area (Å²) in [6.07, 6.45) is 0.0720. The summed E-state index contributed by atoms with van der Waals surface area (Å²) in [6.45, 7) is 4.21. The summed E-state index contributed by atoms with van der Waals surface area (Å²) < 4.78 is 0. The first-order valence-electron chi connectivity index (χ1n) is 4.20. The molecule has 1 amide bonds. The van der Waals surface area contributed by atoms with Crippen LogP contribution in [0.15, 0.2) is 0 Å². The van der Waals surface area contributed by atoms with E-state index < -0.39 is 0 Å². The fraction of sp³-hybridized carbons (Fsp3) is 0.875. The monoisotopic (exact) mass is 174 g/mol. The molecule has 0 fully saturated rings. The summed E-state index contributed by atoms with van der Waals surface area (Å²) in [5.74, 6) is 0.0142. The molecule has 0 aromatic rings. The van der Waals surface area contributed by atoms with E-state index in [4.69, 9.17) is 5.11 Å². The van der Waals surface area contributed by atoms with Crippen LogP contribution in [0, 0.1) is 0 Å². The van der Waals surface area contributed by atoms with E-state index in [9.17, 15) is 4.79 Å². The minimum Gasteiger partial charge on any atom is -0.392 e. The Kier molecular flexibility index (Phi) is 5.66. The Labute approximate surface area is 73.3 Å². The number of carbonyl (C=O) groups excluding carboxylic acids is 1. The number of rotatable bonds is 5. The van der Waals surface area contributed by atoms with Crippen LogP contribution in [-0.2, 0) is 4.79 Å². The van der Waals surface area contributed by atoms with Gasteiger partial charge in [-0.05, 0) is 13.8 Å². The van der Waals surface area contributed by atoms with Gasteiger partial charge in [-0.25, -0.2) is 0 Å². The summed E-state index contributed by atoms with van der Waals surface area (Å²) in [5.41, 5.74) is 0. The largest absolute Gasteiger partial charge is 0.392 e. The van der Waals surface area contributed by atoms with Crippen molar-refractivity contribution in [1.29, 1.82) is 0 Å². The van der Waals surface area contributed by atoms with Crippen LogP contribution in [0.3, 0.4) is 0 Å². The van der Waals surface area contributed by atoms with E-state index >= 15 is 0 Å². The first kappa shape index (κ1) is 11.4. The topological polar surface area (TPSA) is 61.4 Å². The molecule has 3 N–H and O–H groups in total. The number of aliphatic hydroxyl groups excluding tert-OH is 1. The minimum absolute atomic E-state index is 0.0142. The van der Waals surface area contributed by atoms with Crippen LogP contribution in [0.1, 0.15) is 20.3 Å². The second-order valence-electron chi connectivity index (χ2n) is 2.91. The molecule has 0 saturated heterocycles. The lowest BCUT2D eigenvalue weighted by atomic mass is 10.2. The van der Waals surface area contributed by atoms with Gasteiger partial charge < -0.3 is 15.7 Å². The van der Waals surface area contributed by atoms with E-state index in [1.807, 2.05) is 6.92 Å². The predicted octanol–water partition coefficient (Wildman–Crippen LogP) is -0.519. The highest BCUT2D eigenvalue weighted by atomic mass is 16.3. The fourth-order valence-electron chi connectivity index (χ4n) is 0.709. The third kappa shape index (κ3) is 5.09. The van der Waals surface area contributed by atoms with Crippen molar-refractivity contribution in [3.63, 3.8) is 0 Å².